The Kier molecular flexibility index (Phi) is 8.57. The van der Waals surface area contributed by atoms with Crippen molar-refractivity contribution in [3.8, 4) is 5.75 Å². The topological polar surface area (TPSA) is 75.1 Å². The number of quaternary nitrogens is 1. The van der Waals surface area contributed by atoms with E-state index in [0.29, 0.717) is 13.0 Å². The molecule has 1 aromatic carbocycles. The average molecular weight is 392 g/mol. The maximum Gasteiger partial charge on any atom is 0.315 e. The molecule has 0 bridgehead atoms. The van der Waals surface area contributed by atoms with E-state index in [4.69, 9.17) is 4.74 Å². The Morgan fingerprint density at radius 3 is 2.57 bits per heavy atom. The lowest BCUT2D eigenvalue weighted by Gasteiger charge is -2.20. The van der Waals surface area contributed by atoms with Gasteiger partial charge in [-0.2, -0.15) is 0 Å². The number of methoxy groups -OCH3 is 1. The smallest absolute Gasteiger partial charge is 0.315 e. The van der Waals surface area contributed by atoms with Crippen LogP contribution < -0.4 is 25.2 Å². The Morgan fingerprint density at radius 2 is 1.96 bits per heavy atom. The van der Waals surface area contributed by atoms with Gasteiger partial charge in [-0.15, -0.1) is 0 Å². The number of benzene rings is 1. The monoisotopic (exact) mass is 391 g/mol. The molecule has 0 radical (unpaired) electrons. The lowest BCUT2D eigenvalue weighted by atomic mass is 10.2. The van der Waals surface area contributed by atoms with E-state index in [-0.39, 0.29) is 24.0 Å². The normalized spacial score (nSPS) is 17.7. The molecule has 1 saturated heterocycles. The highest BCUT2D eigenvalue weighted by Gasteiger charge is 2.31. The van der Waals surface area contributed by atoms with Gasteiger partial charge in [0.05, 0.1) is 32.8 Å². The standard InChI is InChI=1S/C21H34N4O3/c1-5-24(6-2)13-7-8-16(3)22-21(27)23-17-14-20(26)25(15-17)18-9-11-19(28-4)12-10-18/h9-12,16-17H,5-8,13-15H2,1-4H3,(H2,22,23,27)/p+1/t16-,17+/m0/s1. The summed E-state index contributed by atoms with van der Waals surface area (Å²) in [6, 6.07) is 7.12. The third-order valence-electron chi connectivity index (χ3n) is 5.39. The van der Waals surface area contributed by atoms with Gasteiger partial charge in [0, 0.05) is 24.7 Å². The molecule has 1 fully saturated rings. The van der Waals surface area contributed by atoms with Crippen molar-refractivity contribution >= 4 is 17.6 Å². The summed E-state index contributed by atoms with van der Waals surface area (Å²) in [6.07, 6.45) is 2.36. The molecule has 7 heteroatoms. The van der Waals surface area contributed by atoms with Crippen LogP contribution in [0.5, 0.6) is 5.75 Å². The number of carbonyl (C=O) groups is 2. The first-order chi connectivity index (χ1) is 13.5. The summed E-state index contributed by atoms with van der Waals surface area (Å²) < 4.78 is 5.15. The number of nitrogens with zero attached hydrogens (tertiary/aromatic N) is 1. The van der Waals surface area contributed by atoms with E-state index in [1.165, 1.54) is 0 Å². The number of rotatable bonds is 10. The lowest BCUT2D eigenvalue weighted by Crippen LogP contribution is -3.11. The highest BCUT2D eigenvalue weighted by molar-refractivity contribution is 5.96. The van der Waals surface area contributed by atoms with Crippen LogP contribution in [0.15, 0.2) is 24.3 Å². The predicted molar refractivity (Wildman–Crippen MR) is 111 cm³/mol. The van der Waals surface area contributed by atoms with Crippen LogP contribution in [0, 0.1) is 0 Å². The molecule has 2 atom stereocenters. The minimum Gasteiger partial charge on any atom is -0.497 e. The quantitative estimate of drug-likeness (QED) is 0.561. The highest BCUT2D eigenvalue weighted by atomic mass is 16.5. The van der Waals surface area contributed by atoms with E-state index in [1.807, 2.05) is 31.2 Å². The van der Waals surface area contributed by atoms with E-state index in [2.05, 4.69) is 24.5 Å². The summed E-state index contributed by atoms with van der Waals surface area (Å²) in [5, 5.41) is 5.94. The van der Waals surface area contributed by atoms with Crippen molar-refractivity contribution in [2.24, 2.45) is 0 Å². The van der Waals surface area contributed by atoms with Gasteiger partial charge in [-0.3, -0.25) is 4.79 Å². The molecule has 3 amide bonds. The van der Waals surface area contributed by atoms with Crippen molar-refractivity contribution in [2.45, 2.75) is 52.1 Å². The van der Waals surface area contributed by atoms with E-state index in [0.717, 1.165) is 43.9 Å². The molecular formula is C21H35N4O3+. The number of amides is 3. The van der Waals surface area contributed by atoms with Crippen molar-refractivity contribution < 1.29 is 19.2 Å². The van der Waals surface area contributed by atoms with Gasteiger partial charge in [0.2, 0.25) is 5.91 Å². The van der Waals surface area contributed by atoms with E-state index in [9.17, 15) is 9.59 Å². The zero-order chi connectivity index (χ0) is 20.5. The first kappa shape index (κ1) is 22.0. The maximum atomic E-state index is 12.3. The molecule has 0 saturated carbocycles. The molecule has 7 nitrogen and oxygen atoms in total. The molecule has 156 valence electrons. The van der Waals surface area contributed by atoms with Gasteiger partial charge in [0.15, 0.2) is 0 Å². The van der Waals surface area contributed by atoms with Crippen LogP contribution in [0.25, 0.3) is 0 Å². The second kappa shape index (κ2) is 10.9. The maximum absolute atomic E-state index is 12.3. The van der Waals surface area contributed by atoms with Gasteiger partial charge in [0.1, 0.15) is 5.75 Å². The highest BCUT2D eigenvalue weighted by Crippen LogP contribution is 2.24. The van der Waals surface area contributed by atoms with Crippen LogP contribution in [0.2, 0.25) is 0 Å². The van der Waals surface area contributed by atoms with Gasteiger partial charge >= 0.3 is 6.03 Å². The van der Waals surface area contributed by atoms with Crippen LogP contribution in [0.3, 0.4) is 0 Å². The zero-order valence-electron chi connectivity index (χ0n) is 17.6. The number of urea groups is 1. The Morgan fingerprint density at radius 1 is 1.29 bits per heavy atom. The number of anilines is 1. The molecule has 1 aromatic rings. The van der Waals surface area contributed by atoms with Crippen molar-refractivity contribution in [1.29, 1.82) is 0 Å². The largest absolute Gasteiger partial charge is 0.497 e. The second-order valence-electron chi connectivity index (χ2n) is 7.47. The molecule has 1 heterocycles. The van der Waals surface area contributed by atoms with Crippen molar-refractivity contribution in [3.63, 3.8) is 0 Å². The molecule has 1 aliphatic heterocycles. The Labute approximate surface area is 168 Å². The third-order valence-corrected chi connectivity index (χ3v) is 5.39. The predicted octanol–water partition coefficient (Wildman–Crippen LogP) is 1.19. The molecule has 0 aliphatic carbocycles. The number of hydrogen-bond acceptors (Lipinski definition) is 3. The van der Waals surface area contributed by atoms with Crippen LogP contribution in [-0.4, -0.2) is 57.3 Å². The summed E-state index contributed by atoms with van der Waals surface area (Å²) in [4.78, 5) is 27.9. The summed E-state index contributed by atoms with van der Waals surface area (Å²) in [7, 11) is 1.61. The van der Waals surface area contributed by atoms with E-state index >= 15 is 0 Å². The zero-order valence-corrected chi connectivity index (χ0v) is 17.6. The van der Waals surface area contributed by atoms with Gasteiger partial charge in [0.25, 0.3) is 0 Å². The van der Waals surface area contributed by atoms with Crippen molar-refractivity contribution in [1.82, 2.24) is 10.6 Å². The first-order valence-corrected chi connectivity index (χ1v) is 10.3. The Balaban J connectivity index is 1.75. The fourth-order valence-electron chi connectivity index (χ4n) is 3.60. The summed E-state index contributed by atoms with van der Waals surface area (Å²) in [5.74, 6) is 0.770. The molecular weight excluding hydrogens is 356 g/mol. The number of nitrogens with one attached hydrogen (secondary N) is 3. The molecule has 0 aromatic heterocycles. The van der Waals surface area contributed by atoms with Crippen molar-refractivity contribution in [3.05, 3.63) is 24.3 Å². The SMILES string of the molecule is CC[NH+](CC)CCC[C@H](C)NC(=O)N[C@@H]1CC(=O)N(c2ccc(OC)cc2)C1. The van der Waals surface area contributed by atoms with Crippen LogP contribution in [0.1, 0.15) is 40.0 Å². The third kappa shape index (κ3) is 6.41. The Bertz CT molecular complexity index is 631. The Hall–Kier alpha value is -2.28. The van der Waals surface area contributed by atoms with Gasteiger partial charge in [-0.05, 0) is 57.9 Å². The van der Waals surface area contributed by atoms with Crippen LogP contribution in [-0.2, 0) is 4.79 Å². The van der Waals surface area contributed by atoms with Gasteiger partial charge < -0.3 is 25.2 Å². The van der Waals surface area contributed by atoms with E-state index in [1.54, 1.807) is 16.9 Å². The number of ether oxygens (including phenoxy) is 1. The minimum atomic E-state index is -0.197. The fourth-order valence-corrected chi connectivity index (χ4v) is 3.60. The molecule has 0 spiro atoms. The van der Waals surface area contributed by atoms with Gasteiger partial charge in [-0.1, -0.05) is 0 Å². The van der Waals surface area contributed by atoms with Gasteiger partial charge in [-0.25, -0.2) is 4.79 Å². The number of carbonyl (C=O) groups excluding carboxylic acids is 2. The average Bonchev–Trinajstić information content (AvgIpc) is 3.05. The molecule has 28 heavy (non-hydrogen) atoms. The summed E-state index contributed by atoms with van der Waals surface area (Å²) in [6.45, 7) is 10.3. The van der Waals surface area contributed by atoms with Crippen LogP contribution >= 0.6 is 0 Å². The van der Waals surface area contributed by atoms with Crippen LogP contribution in [0.4, 0.5) is 10.5 Å². The fraction of sp³-hybridized carbons (Fsp3) is 0.619. The minimum absolute atomic E-state index is 0.0192. The summed E-state index contributed by atoms with van der Waals surface area (Å²) >= 11 is 0. The first-order valence-electron chi connectivity index (χ1n) is 10.3. The van der Waals surface area contributed by atoms with E-state index < -0.39 is 0 Å². The van der Waals surface area contributed by atoms with Crippen molar-refractivity contribution in [2.75, 3.05) is 38.2 Å². The number of hydrogen-bond donors (Lipinski definition) is 3. The lowest BCUT2D eigenvalue weighted by molar-refractivity contribution is -0.896. The molecule has 3 N–H and O–H groups in total. The summed E-state index contributed by atoms with van der Waals surface area (Å²) in [5.41, 5.74) is 0.822. The molecule has 0 unspecified atom stereocenters. The molecule has 2 rings (SSSR count). The second-order valence-corrected chi connectivity index (χ2v) is 7.47. The molecule has 1 aliphatic rings.